The van der Waals surface area contributed by atoms with Crippen molar-refractivity contribution < 1.29 is 4.42 Å². The molecule has 62 valence electrons. The molecule has 0 amide bonds. The highest BCUT2D eigenvalue weighted by molar-refractivity contribution is 5.79. The molecule has 0 aliphatic heterocycles. The van der Waals surface area contributed by atoms with E-state index in [0.29, 0.717) is 11.0 Å². The van der Waals surface area contributed by atoms with Crippen LogP contribution in [0.2, 0.25) is 0 Å². The highest BCUT2D eigenvalue weighted by atomic mass is 16.3. The number of rotatable bonds is 0. The first-order valence-corrected chi connectivity index (χ1v) is 3.73. The Hall–Kier alpha value is -1.51. The lowest BCUT2D eigenvalue weighted by Crippen LogP contribution is -2.15. The molecular weight excluding hydrogens is 154 g/mol. The van der Waals surface area contributed by atoms with Gasteiger partial charge in [-0.25, -0.2) is 0 Å². The predicted molar refractivity (Wildman–Crippen MR) is 46.2 cm³/mol. The molecule has 0 bridgehead atoms. The maximum Gasteiger partial charge on any atom is 0.261 e. The highest BCUT2D eigenvalue weighted by Crippen LogP contribution is 2.14. The molecule has 0 saturated heterocycles. The number of furan rings is 1. The van der Waals surface area contributed by atoms with Gasteiger partial charge in [0.15, 0.2) is 0 Å². The Kier molecular flexibility index (Phi) is 1.33. The van der Waals surface area contributed by atoms with Gasteiger partial charge in [-0.1, -0.05) is 0 Å². The molecule has 3 heteroatoms. The van der Waals surface area contributed by atoms with Crippen molar-refractivity contribution in [2.75, 3.05) is 0 Å². The minimum Gasteiger partial charge on any atom is -0.464 e. The van der Waals surface area contributed by atoms with Crippen LogP contribution in [0, 0.1) is 6.92 Å². The van der Waals surface area contributed by atoms with Crippen molar-refractivity contribution in [2.24, 2.45) is 7.05 Å². The second kappa shape index (κ2) is 2.24. The third-order valence-corrected chi connectivity index (χ3v) is 1.99. The average molecular weight is 163 g/mol. The number of pyridine rings is 1. The molecule has 0 N–H and O–H groups in total. The fourth-order valence-corrected chi connectivity index (χ4v) is 1.28. The Labute approximate surface area is 69.2 Å². The smallest absolute Gasteiger partial charge is 0.261 e. The van der Waals surface area contributed by atoms with Crippen LogP contribution in [0.1, 0.15) is 5.56 Å². The first kappa shape index (κ1) is 7.16. The van der Waals surface area contributed by atoms with Gasteiger partial charge in [-0.05, 0) is 13.0 Å². The summed E-state index contributed by atoms with van der Waals surface area (Å²) in [6.07, 6.45) is 3.31. The number of fused-ring (bicyclic) bond motifs is 1. The zero-order chi connectivity index (χ0) is 8.72. The molecule has 3 nitrogen and oxygen atoms in total. The van der Waals surface area contributed by atoms with Crippen LogP contribution >= 0.6 is 0 Å². The van der Waals surface area contributed by atoms with E-state index in [9.17, 15) is 4.79 Å². The number of nitrogens with zero attached hydrogens (tertiary/aromatic N) is 1. The SMILES string of the molecule is Cc1coc2ccn(C)c(=O)c12. The monoisotopic (exact) mass is 163 g/mol. The summed E-state index contributed by atoms with van der Waals surface area (Å²) in [5.74, 6) is 0. The molecule has 0 unspecified atom stereocenters. The highest BCUT2D eigenvalue weighted by Gasteiger charge is 2.05. The van der Waals surface area contributed by atoms with Crippen molar-refractivity contribution in [2.45, 2.75) is 6.92 Å². The van der Waals surface area contributed by atoms with E-state index in [1.165, 1.54) is 0 Å². The van der Waals surface area contributed by atoms with Gasteiger partial charge >= 0.3 is 0 Å². The summed E-state index contributed by atoms with van der Waals surface area (Å²) >= 11 is 0. The molecule has 2 aromatic heterocycles. The largest absolute Gasteiger partial charge is 0.464 e. The van der Waals surface area contributed by atoms with Crippen LogP contribution in [0.3, 0.4) is 0 Å². The van der Waals surface area contributed by atoms with E-state index in [2.05, 4.69) is 0 Å². The van der Waals surface area contributed by atoms with Gasteiger partial charge < -0.3 is 8.98 Å². The molecule has 2 heterocycles. The fourth-order valence-electron chi connectivity index (χ4n) is 1.28. The Morgan fingerprint density at radius 1 is 1.50 bits per heavy atom. The van der Waals surface area contributed by atoms with Crippen LogP contribution in [0.4, 0.5) is 0 Å². The lowest BCUT2D eigenvalue weighted by molar-refractivity contribution is 0.612. The molecule has 0 aromatic carbocycles. The molecule has 0 radical (unpaired) electrons. The normalized spacial score (nSPS) is 10.8. The van der Waals surface area contributed by atoms with Gasteiger partial charge in [0, 0.05) is 18.8 Å². The fraction of sp³-hybridized carbons (Fsp3) is 0.222. The van der Waals surface area contributed by atoms with Gasteiger partial charge in [-0.3, -0.25) is 4.79 Å². The first-order chi connectivity index (χ1) is 5.70. The Bertz CT molecular complexity index is 479. The van der Waals surface area contributed by atoms with E-state index in [-0.39, 0.29) is 5.56 Å². The average Bonchev–Trinajstić information content (AvgIpc) is 2.41. The maximum atomic E-state index is 11.5. The summed E-state index contributed by atoms with van der Waals surface area (Å²) in [7, 11) is 1.73. The van der Waals surface area contributed by atoms with Crippen molar-refractivity contribution in [1.29, 1.82) is 0 Å². The van der Waals surface area contributed by atoms with Crippen molar-refractivity contribution in [3.05, 3.63) is 34.4 Å². The van der Waals surface area contributed by atoms with Gasteiger partial charge in [-0.15, -0.1) is 0 Å². The zero-order valence-electron chi connectivity index (χ0n) is 7.00. The lowest BCUT2D eigenvalue weighted by Gasteiger charge is -1.94. The maximum absolute atomic E-state index is 11.5. The van der Waals surface area contributed by atoms with E-state index >= 15 is 0 Å². The summed E-state index contributed by atoms with van der Waals surface area (Å²) in [4.78, 5) is 11.5. The van der Waals surface area contributed by atoms with E-state index in [1.54, 1.807) is 30.1 Å². The van der Waals surface area contributed by atoms with Crippen LogP contribution in [-0.2, 0) is 7.05 Å². The minimum atomic E-state index is -0.00116. The molecule has 0 atom stereocenters. The quantitative estimate of drug-likeness (QED) is 0.589. The van der Waals surface area contributed by atoms with Gasteiger partial charge in [-0.2, -0.15) is 0 Å². The van der Waals surface area contributed by atoms with Gasteiger partial charge in [0.05, 0.1) is 11.6 Å². The van der Waals surface area contributed by atoms with Gasteiger partial charge in [0.1, 0.15) is 5.58 Å². The summed E-state index contributed by atoms with van der Waals surface area (Å²) in [6.45, 7) is 1.87. The molecule has 12 heavy (non-hydrogen) atoms. The molecule has 2 aromatic rings. The molecule has 0 saturated carbocycles. The standard InChI is InChI=1S/C9H9NO2/c1-6-5-12-7-3-4-10(2)9(11)8(6)7/h3-5H,1-2H3. The number of aryl methyl sites for hydroxylation is 2. The number of hydrogen-bond donors (Lipinski definition) is 0. The topological polar surface area (TPSA) is 35.1 Å². The third kappa shape index (κ3) is 0.794. The van der Waals surface area contributed by atoms with E-state index in [4.69, 9.17) is 4.42 Å². The van der Waals surface area contributed by atoms with Crippen LogP contribution in [0.25, 0.3) is 11.0 Å². The second-order valence-electron chi connectivity index (χ2n) is 2.89. The van der Waals surface area contributed by atoms with Crippen molar-refractivity contribution >= 4 is 11.0 Å². The third-order valence-electron chi connectivity index (χ3n) is 1.99. The summed E-state index contributed by atoms with van der Waals surface area (Å²) in [6, 6.07) is 1.80. The first-order valence-electron chi connectivity index (χ1n) is 3.73. The van der Waals surface area contributed by atoms with E-state index < -0.39 is 0 Å². The van der Waals surface area contributed by atoms with E-state index in [0.717, 1.165) is 5.56 Å². The Morgan fingerprint density at radius 3 is 3.00 bits per heavy atom. The Balaban J connectivity index is 3.06. The zero-order valence-corrected chi connectivity index (χ0v) is 7.00. The second-order valence-corrected chi connectivity index (χ2v) is 2.89. The van der Waals surface area contributed by atoms with Crippen LogP contribution in [-0.4, -0.2) is 4.57 Å². The van der Waals surface area contributed by atoms with Crippen LogP contribution in [0.5, 0.6) is 0 Å². The number of aromatic nitrogens is 1. The van der Waals surface area contributed by atoms with Crippen LogP contribution in [0.15, 0.2) is 27.7 Å². The molecule has 0 aliphatic rings. The van der Waals surface area contributed by atoms with E-state index in [1.807, 2.05) is 6.92 Å². The number of hydrogen-bond acceptors (Lipinski definition) is 2. The molecule has 0 aliphatic carbocycles. The van der Waals surface area contributed by atoms with Gasteiger partial charge in [0.25, 0.3) is 5.56 Å². The minimum absolute atomic E-state index is 0.00116. The summed E-state index contributed by atoms with van der Waals surface area (Å²) in [5.41, 5.74) is 1.56. The Morgan fingerprint density at radius 2 is 2.25 bits per heavy atom. The lowest BCUT2D eigenvalue weighted by atomic mass is 10.2. The molecular formula is C9H9NO2. The van der Waals surface area contributed by atoms with Gasteiger partial charge in [0.2, 0.25) is 0 Å². The van der Waals surface area contributed by atoms with Crippen molar-refractivity contribution in [1.82, 2.24) is 4.57 Å². The predicted octanol–water partition coefficient (Wildman–Crippen LogP) is 1.44. The molecule has 2 rings (SSSR count). The molecule has 0 spiro atoms. The summed E-state index contributed by atoms with van der Waals surface area (Å²) < 4.78 is 6.72. The van der Waals surface area contributed by atoms with Crippen LogP contribution < -0.4 is 5.56 Å². The van der Waals surface area contributed by atoms with Crippen molar-refractivity contribution in [3.8, 4) is 0 Å². The summed E-state index contributed by atoms with van der Waals surface area (Å²) in [5, 5.41) is 0.681. The van der Waals surface area contributed by atoms with Crippen molar-refractivity contribution in [3.63, 3.8) is 0 Å². The molecule has 0 fully saturated rings.